The number of hydrogen-bond acceptors (Lipinski definition) is 3. The van der Waals surface area contributed by atoms with Crippen LogP contribution in [-0.4, -0.2) is 35.4 Å². The van der Waals surface area contributed by atoms with Gasteiger partial charge in [-0.3, -0.25) is 0 Å². The smallest absolute Gasteiger partial charge is 0.111 e. The average molecular weight is 287 g/mol. The maximum Gasteiger partial charge on any atom is 0.111 e. The number of fused-ring (bicyclic) bond motifs is 1. The number of rotatable bonds is 5. The Morgan fingerprint density at radius 3 is 2.81 bits per heavy atom. The largest absolute Gasteiger partial charge is 0.381 e. The Morgan fingerprint density at radius 2 is 2.10 bits per heavy atom. The zero-order valence-corrected chi connectivity index (χ0v) is 13.0. The predicted octanol–water partition coefficient (Wildman–Crippen LogP) is 2.52. The molecular formula is C17H25N3O. The van der Waals surface area contributed by atoms with Crippen molar-refractivity contribution in [2.45, 2.75) is 32.2 Å². The number of nitrogens with one attached hydrogen (secondary N) is 1. The number of likely N-dealkylation sites (N-methyl/N-ethyl adjacent to an activating group) is 1. The Hall–Kier alpha value is -1.39. The van der Waals surface area contributed by atoms with E-state index in [0.717, 1.165) is 44.5 Å². The van der Waals surface area contributed by atoms with Crippen LogP contribution in [-0.2, 0) is 18.2 Å². The topological polar surface area (TPSA) is 39.1 Å². The van der Waals surface area contributed by atoms with E-state index in [4.69, 9.17) is 9.72 Å². The summed E-state index contributed by atoms with van der Waals surface area (Å²) in [6.45, 7) is 4.98. The Morgan fingerprint density at radius 1 is 1.33 bits per heavy atom. The van der Waals surface area contributed by atoms with Gasteiger partial charge in [0.2, 0.25) is 0 Å². The van der Waals surface area contributed by atoms with E-state index in [2.05, 4.69) is 48.1 Å². The summed E-state index contributed by atoms with van der Waals surface area (Å²) in [5.41, 5.74) is 2.31. The fourth-order valence-electron chi connectivity index (χ4n) is 3.36. The van der Waals surface area contributed by atoms with E-state index < -0.39 is 0 Å². The highest BCUT2D eigenvalue weighted by Crippen LogP contribution is 2.23. The van der Waals surface area contributed by atoms with Gasteiger partial charge >= 0.3 is 0 Å². The van der Waals surface area contributed by atoms with Crippen molar-refractivity contribution < 1.29 is 4.74 Å². The molecule has 1 aromatic heterocycles. The molecule has 2 aromatic rings. The lowest BCUT2D eigenvalue weighted by Gasteiger charge is -2.30. The molecule has 1 atom stereocenters. The molecule has 4 nitrogen and oxygen atoms in total. The van der Waals surface area contributed by atoms with Crippen LogP contribution in [0.3, 0.4) is 0 Å². The number of imidazole rings is 1. The van der Waals surface area contributed by atoms with E-state index in [1.807, 2.05) is 0 Å². The van der Waals surface area contributed by atoms with Gasteiger partial charge in [-0.25, -0.2) is 4.98 Å². The molecule has 1 aliphatic rings. The van der Waals surface area contributed by atoms with Crippen molar-refractivity contribution in [1.29, 1.82) is 0 Å². The first-order valence-electron chi connectivity index (χ1n) is 8.01. The Kier molecular flexibility index (Phi) is 4.56. The van der Waals surface area contributed by atoms with Gasteiger partial charge < -0.3 is 14.6 Å². The second-order valence-corrected chi connectivity index (χ2v) is 5.89. The Balaban J connectivity index is 1.81. The molecule has 1 saturated heterocycles. The van der Waals surface area contributed by atoms with Crippen molar-refractivity contribution in [2.75, 3.05) is 19.8 Å². The lowest BCUT2D eigenvalue weighted by molar-refractivity contribution is 0.0536. The van der Waals surface area contributed by atoms with Gasteiger partial charge in [0.15, 0.2) is 0 Å². The van der Waals surface area contributed by atoms with Crippen LogP contribution in [0.15, 0.2) is 24.3 Å². The van der Waals surface area contributed by atoms with Gasteiger partial charge in [-0.2, -0.15) is 0 Å². The van der Waals surface area contributed by atoms with E-state index in [9.17, 15) is 0 Å². The number of nitrogens with zero attached hydrogens (tertiary/aromatic N) is 2. The van der Waals surface area contributed by atoms with E-state index in [0.29, 0.717) is 12.0 Å². The van der Waals surface area contributed by atoms with Crippen LogP contribution in [0.5, 0.6) is 0 Å². The van der Waals surface area contributed by atoms with Crippen molar-refractivity contribution in [3.8, 4) is 0 Å². The van der Waals surface area contributed by atoms with Gasteiger partial charge in [-0.15, -0.1) is 0 Å². The number of para-hydroxylation sites is 2. The molecule has 0 aliphatic carbocycles. The van der Waals surface area contributed by atoms with Crippen LogP contribution in [0.1, 0.15) is 25.6 Å². The molecule has 3 rings (SSSR count). The van der Waals surface area contributed by atoms with Gasteiger partial charge in [0.25, 0.3) is 0 Å². The minimum absolute atomic E-state index is 0.495. The molecule has 21 heavy (non-hydrogen) atoms. The van der Waals surface area contributed by atoms with Crippen molar-refractivity contribution in [3.05, 3.63) is 30.1 Å². The zero-order chi connectivity index (χ0) is 14.7. The summed E-state index contributed by atoms with van der Waals surface area (Å²) in [6.07, 6.45) is 3.30. The van der Waals surface area contributed by atoms with Crippen LogP contribution < -0.4 is 5.32 Å². The number of ether oxygens (including phenoxy) is 1. The number of benzene rings is 1. The molecule has 1 unspecified atom stereocenters. The summed E-state index contributed by atoms with van der Waals surface area (Å²) in [6, 6.07) is 8.86. The predicted molar refractivity (Wildman–Crippen MR) is 85.4 cm³/mol. The van der Waals surface area contributed by atoms with Gasteiger partial charge in [0.05, 0.1) is 11.0 Å². The van der Waals surface area contributed by atoms with Gasteiger partial charge in [0.1, 0.15) is 5.82 Å². The molecule has 0 saturated carbocycles. The maximum atomic E-state index is 5.50. The lowest BCUT2D eigenvalue weighted by atomic mass is 9.89. The first-order chi connectivity index (χ1) is 10.3. The highest BCUT2D eigenvalue weighted by Gasteiger charge is 2.25. The van der Waals surface area contributed by atoms with E-state index in [1.165, 1.54) is 11.3 Å². The second-order valence-electron chi connectivity index (χ2n) is 5.89. The van der Waals surface area contributed by atoms with Crippen molar-refractivity contribution in [1.82, 2.24) is 14.9 Å². The molecule has 0 spiro atoms. The molecule has 1 aromatic carbocycles. The molecule has 2 heterocycles. The van der Waals surface area contributed by atoms with Crippen LogP contribution in [0, 0.1) is 5.92 Å². The molecule has 114 valence electrons. The average Bonchev–Trinajstić information content (AvgIpc) is 2.84. The van der Waals surface area contributed by atoms with Gasteiger partial charge in [0, 0.05) is 32.7 Å². The van der Waals surface area contributed by atoms with Crippen molar-refractivity contribution >= 4 is 11.0 Å². The summed E-state index contributed by atoms with van der Waals surface area (Å²) in [5.74, 6) is 1.87. The molecule has 0 radical (unpaired) electrons. The molecule has 0 bridgehead atoms. The number of hydrogen-bond donors (Lipinski definition) is 1. The monoisotopic (exact) mass is 287 g/mol. The van der Waals surface area contributed by atoms with Crippen LogP contribution in [0.25, 0.3) is 11.0 Å². The number of aryl methyl sites for hydroxylation is 1. The quantitative estimate of drug-likeness (QED) is 0.918. The summed E-state index contributed by atoms with van der Waals surface area (Å²) in [7, 11) is 2.12. The number of aromatic nitrogens is 2. The fraction of sp³-hybridized carbons (Fsp3) is 0.588. The minimum Gasteiger partial charge on any atom is -0.381 e. The van der Waals surface area contributed by atoms with Crippen molar-refractivity contribution in [3.63, 3.8) is 0 Å². The third-order valence-corrected chi connectivity index (χ3v) is 4.58. The first-order valence-corrected chi connectivity index (χ1v) is 8.01. The molecule has 1 fully saturated rings. The second kappa shape index (κ2) is 6.58. The molecule has 1 aliphatic heterocycles. The zero-order valence-electron chi connectivity index (χ0n) is 13.0. The third-order valence-electron chi connectivity index (χ3n) is 4.58. The van der Waals surface area contributed by atoms with E-state index in [1.54, 1.807) is 0 Å². The standard InChI is InChI=1S/C17H25N3O/c1-3-18-15(13-8-10-21-11-9-13)12-17-19-14-6-4-5-7-16(14)20(17)2/h4-7,13,15,18H,3,8-12H2,1-2H3. The first kappa shape index (κ1) is 14.5. The lowest BCUT2D eigenvalue weighted by Crippen LogP contribution is -2.41. The van der Waals surface area contributed by atoms with Crippen LogP contribution >= 0.6 is 0 Å². The summed E-state index contributed by atoms with van der Waals surface area (Å²) in [5, 5.41) is 3.66. The SMILES string of the molecule is CCNC(Cc1nc2ccccc2n1C)C1CCOCC1. The van der Waals surface area contributed by atoms with Crippen LogP contribution in [0.2, 0.25) is 0 Å². The molecule has 4 heteroatoms. The van der Waals surface area contributed by atoms with Gasteiger partial charge in [-0.1, -0.05) is 19.1 Å². The third kappa shape index (κ3) is 3.11. The van der Waals surface area contributed by atoms with E-state index >= 15 is 0 Å². The maximum absolute atomic E-state index is 5.50. The minimum atomic E-state index is 0.495. The Labute approximate surface area is 126 Å². The van der Waals surface area contributed by atoms with E-state index in [-0.39, 0.29) is 0 Å². The molecule has 1 N–H and O–H groups in total. The van der Waals surface area contributed by atoms with Gasteiger partial charge in [-0.05, 0) is 37.4 Å². The molecule has 0 amide bonds. The highest BCUT2D eigenvalue weighted by molar-refractivity contribution is 5.75. The molecular weight excluding hydrogens is 262 g/mol. The summed E-state index contributed by atoms with van der Waals surface area (Å²) in [4.78, 5) is 4.82. The highest BCUT2D eigenvalue weighted by atomic mass is 16.5. The fourth-order valence-corrected chi connectivity index (χ4v) is 3.36. The Bertz CT molecular complexity index is 587. The summed E-state index contributed by atoms with van der Waals surface area (Å²) >= 11 is 0. The summed E-state index contributed by atoms with van der Waals surface area (Å²) < 4.78 is 7.74. The van der Waals surface area contributed by atoms with Crippen LogP contribution in [0.4, 0.5) is 0 Å². The van der Waals surface area contributed by atoms with Crippen molar-refractivity contribution in [2.24, 2.45) is 13.0 Å². The normalized spacial score (nSPS) is 18.2.